The zero-order chi connectivity index (χ0) is 16.4. The third kappa shape index (κ3) is 3.19. The van der Waals surface area contributed by atoms with Gasteiger partial charge in [-0.25, -0.2) is 0 Å². The summed E-state index contributed by atoms with van der Waals surface area (Å²) in [6.07, 6.45) is -0.141. The summed E-state index contributed by atoms with van der Waals surface area (Å²) in [7, 11) is 3.36. The molecular weight excluding hydrogens is 290 g/mol. The molecule has 4 heteroatoms. The monoisotopic (exact) mass is 313 g/mol. The van der Waals surface area contributed by atoms with E-state index >= 15 is 0 Å². The van der Waals surface area contributed by atoms with E-state index in [9.17, 15) is 0 Å². The van der Waals surface area contributed by atoms with Gasteiger partial charge in [0.2, 0.25) is 0 Å². The van der Waals surface area contributed by atoms with Crippen LogP contribution in [0.15, 0.2) is 42.5 Å². The molecule has 3 rings (SSSR count). The number of benzene rings is 2. The minimum atomic E-state index is -0.141. The molecule has 2 aromatic rings. The summed E-state index contributed by atoms with van der Waals surface area (Å²) in [5, 5.41) is 3.53. The lowest BCUT2D eigenvalue weighted by atomic mass is 9.97. The van der Waals surface area contributed by atoms with E-state index in [1.165, 1.54) is 0 Å². The molecule has 0 aliphatic carbocycles. The van der Waals surface area contributed by atoms with Gasteiger partial charge in [0.05, 0.1) is 20.8 Å². The van der Waals surface area contributed by atoms with E-state index in [-0.39, 0.29) is 11.8 Å². The van der Waals surface area contributed by atoms with Crippen molar-refractivity contribution in [2.24, 2.45) is 0 Å². The van der Waals surface area contributed by atoms with Crippen LogP contribution in [0.2, 0.25) is 0 Å². The molecule has 0 radical (unpaired) electrons. The van der Waals surface area contributed by atoms with Crippen LogP contribution in [0.3, 0.4) is 0 Å². The van der Waals surface area contributed by atoms with E-state index in [1.54, 1.807) is 14.2 Å². The van der Waals surface area contributed by atoms with E-state index in [2.05, 4.69) is 25.2 Å². The normalized spacial score (nSPS) is 19.6. The Labute approximate surface area is 137 Å². The fraction of sp³-hybridized carbons (Fsp3) is 0.368. The molecular formula is C19H23NO3. The first-order valence-corrected chi connectivity index (χ1v) is 7.75. The molecule has 1 atom stereocenters. The van der Waals surface area contributed by atoms with Crippen LogP contribution in [0, 0.1) is 0 Å². The SMILES string of the molecule is COc1ccc(-c2c(OC)cccc2C2NC(C)(C)CO2)cc1. The van der Waals surface area contributed by atoms with Gasteiger partial charge in [-0.2, -0.15) is 0 Å². The summed E-state index contributed by atoms with van der Waals surface area (Å²) in [5.41, 5.74) is 3.17. The van der Waals surface area contributed by atoms with Crippen molar-refractivity contribution in [3.63, 3.8) is 0 Å². The summed E-state index contributed by atoms with van der Waals surface area (Å²) >= 11 is 0. The Kier molecular flexibility index (Phi) is 4.28. The van der Waals surface area contributed by atoms with Gasteiger partial charge in [0, 0.05) is 16.7 Å². The summed E-state index contributed by atoms with van der Waals surface area (Å²) < 4.78 is 16.8. The lowest BCUT2D eigenvalue weighted by Crippen LogP contribution is -2.36. The van der Waals surface area contributed by atoms with Crippen molar-refractivity contribution >= 4 is 0 Å². The molecule has 0 amide bonds. The first-order valence-electron chi connectivity index (χ1n) is 7.75. The lowest BCUT2D eigenvalue weighted by molar-refractivity contribution is 0.0991. The predicted octanol–water partition coefficient (Wildman–Crippen LogP) is 3.77. The van der Waals surface area contributed by atoms with Gasteiger partial charge in [-0.15, -0.1) is 0 Å². The van der Waals surface area contributed by atoms with Gasteiger partial charge in [0.1, 0.15) is 17.7 Å². The molecule has 0 bridgehead atoms. The number of nitrogens with one attached hydrogen (secondary N) is 1. The Morgan fingerprint density at radius 2 is 1.78 bits per heavy atom. The Morgan fingerprint density at radius 3 is 2.35 bits per heavy atom. The maximum Gasteiger partial charge on any atom is 0.135 e. The van der Waals surface area contributed by atoms with Crippen molar-refractivity contribution in [2.45, 2.75) is 25.6 Å². The van der Waals surface area contributed by atoms with Crippen LogP contribution in [0.5, 0.6) is 11.5 Å². The molecule has 0 saturated carbocycles. The van der Waals surface area contributed by atoms with Gasteiger partial charge in [0.15, 0.2) is 0 Å². The molecule has 1 N–H and O–H groups in total. The van der Waals surface area contributed by atoms with Crippen molar-refractivity contribution in [1.29, 1.82) is 0 Å². The molecule has 1 aliphatic heterocycles. The van der Waals surface area contributed by atoms with Crippen molar-refractivity contribution in [2.75, 3.05) is 20.8 Å². The molecule has 1 heterocycles. The van der Waals surface area contributed by atoms with Gasteiger partial charge in [-0.1, -0.05) is 24.3 Å². The van der Waals surface area contributed by atoms with Gasteiger partial charge < -0.3 is 14.2 Å². The fourth-order valence-electron chi connectivity index (χ4n) is 2.90. The molecule has 1 unspecified atom stereocenters. The third-order valence-electron chi connectivity index (χ3n) is 4.07. The average molecular weight is 313 g/mol. The van der Waals surface area contributed by atoms with Crippen molar-refractivity contribution in [1.82, 2.24) is 5.32 Å². The number of methoxy groups -OCH3 is 2. The molecule has 122 valence electrons. The zero-order valence-electron chi connectivity index (χ0n) is 14.1. The summed E-state index contributed by atoms with van der Waals surface area (Å²) in [4.78, 5) is 0. The molecule has 0 aromatic heterocycles. The van der Waals surface area contributed by atoms with E-state index in [1.807, 2.05) is 36.4 Å². The molecule has 2 aromatic carbocycles. The standard InChI is InChI=1S/C19H23NO3/c1-19(2)12-23-18(20-19)15-6-5-7-16(22-4)17(15)13-8-10-14(21-3)11-9-13/h5-11,18,20H,12H2,1-4H3. The van der Waals surface area contributed by atoms with E-state index in [0.29, 0.717) is 6.61 Å². The Balaban J connectivity index is 2.06. The maximum absolute atomic E-state index is 5.97. The average Bonchev–Trinajstić information content (AvgIpc) is 2.94. The summed E-state index contributed by atoms with van der Waals surface area (Å²) in [5.74, 6) is 1.67. The van der Waals surface area contributed by atoms with Gasteiger partial charge in [-0.05, 0) is 37.6 Å². The highest BCUT2D eigenvalue weighted by molar-refractivity contribution is 5.75. The van der Waals surface area contributed by atoms with Crippen LogP contribution in [0.4, 0.5) is 0 Å². The lowest BCUT2D eigenvalue weighted by Gasteiger charge is -2.21. The Morgan fingerprint density at radius 1 is 1.04 bits per heavy atom. The first kappa shape index (κ1) is 15.8. The van der Waals surface area contributed by atoms with Crippen LogP contribution >= 0.6 is 0 Å². The van der Waals surface area contributed by atoms with Crippen molar-refractivity contribution < 1.29 is 14.2 Å². The molecule has 1 aliphatic rings. The highest BCUT2D eigenvalue weighted by Gasteiger charge is 2.33. The van der Waals surface area contributed by atoms with Crippen molar-refractivity contribution in [3.8, 4) is 22.6 Å². The molecule has 0 spiro atoms. The second-order valence-corrected chi connectivity index (χ2v) is 6.37. The second kappa shape index (κ2) is 6.22. The van der Waals surface area contributed by atoms with Crippen LogP contribution in [0.25, 0.3) is 11.1 Å². The van der Waals surface area contributed by atoms with Gasteiger partial charge in [-0.3, -0.25) is 5.32 Å². The third-order valence-corrected chi connectivity index (χ3v) is 4.07. The molecule has 23 heavy (non-hydrogen) atoms. The van der Waals surface area contributed by atoms with E-state index in [4.69, 9.17) is 14.2 Å². The van der Waals surface area contributed by atoms with E-state index in [0.717, 1.165) is 28.2 Å². The quantitative estimate of drug-likeness (QED) is 0.933. The summed E-state index contributed by atoms with van der Waals surface area (Å²) in [6, 6.07) is 14.1. The smallest absolute Gasteiger partial charge is 0.135 e. The van der Waals surface area contributed by atoms with Crippen LogP contribution in [-0.2, 0) is 4.74 Å². The number of hydrogen-bond donors (Lipinski definition) is 1. The van der Waals surface area contributed by atoms with Gasteiger partial charge in [0.25, 0.3) is 0 Å². The topological polar surface area (TPSA) is 39.7 Å². The molecule has 1 saturated heterocycles. The summed E-state index contributed by atoms with van der Waals surface area (Å²) in [6.45, 7) is 4.96. The number of ether oxygens (including phenoxy) is 3. The first-order chi connectivity index (χ1) is 11.0. The Bertz CT molecular complexity index is 680. The number of rotatable bonds is 4. The highest BCUT2D eigenvalue weighted by atomic mass is 16.5. The number of hydrogen-bond acceptors (Lipinski definition) is 4. The minimum absolute atomic E-state index is 0.0368. The highest BCUT2D eigenvalue weighted by Crippen LogP contribution is 2.39. The second-order valence-electron chi connectivity index (χ2n) is 6.37. The maximum atomic E-state index is 5.97. The minimum Gasteiger partial charge on any atom is -0.497 e. The van der Waals surface area contributed by atoms with Crippen LogP contribution in [-0.4, -0.2) is 26.4 Å². The largest absolute Gasteiger partial charge is 0.497 e. The molecule has 1 fully saturated rings. The van der Waals surface area contributed by atoms with Crippen molar-refractivity contribution in [3.05, 3.63) is 48.0 Å². The molecule has 4 nitrogen and oxygen atoms in total. The van der Waals surface area contributed by atoms with Gasteiger partial charge >= 0.3 is 0 Å². The van der Waals surface area contributed by atoms with E-state index < -0.39 is 0 Å². The van der Waals surface area contributed by atoms with Crippen LogP contribution in [0.1, 0.15) is 25.6 Å². The fourth-order valence-corrected chi connectivity index (χ4v) is 2.90. The van der Waals surface area contributed by atoms with Crippen LogP contribution < -0.4 is 14.8 Å². The predicted molar refractivity (Wildman–Crippen MR) is 90.9 cm³/mol. The zero-order valence-corrected chi connectivity index (χ0v) is 14.1. The Hall–Kier alpha value is -2.04.